The van der Waals surface area contributed by atoms with E-state index in [1.54, 1.807) is 0 Å². The first kappa shape index (κ1) is 14.9. The normalized spacial score (nSPS) is 13.0. The third-order valence-corrected chi connectivity index (χ3v) is 7.37. The van der Waals surface area contributed by atoms with Gasteiger partial charge in [-0.25, -0.2) is 0 Å². The van der Waals surface area contributed by atoms with E-state index in [2.05, 4.69) is 40.0 Å². The number of rotatable bonds is 3. The highest BCUT2D eigenvalue weighted by molar-refractivity contribution is 6.79. The van der Waals surface area contributed by atoms with Gasteiger partial charge in [0, 0.05) is 5.22 Å². The van der Waals surface area contributed by atoms with Crippen molar-refractivity contribution in [2.24, 2.45) is 0 Å². The molecule has 0 aliphatic carbocycles. The summed E-state index contributed by atoms with van der Waals surface area (Å²) in [6.07, 6.45) is 0. The van der Waals surface area contributed by atoms with Crippen LogP contribution < -0.4 is 0 Å². The van der Waals surface area contributed by atoms with Crippen molar-refractivity contribution < 1.29 is 4.43 Å². The zero-order valence-electron chi connectivity index (χ0n) is 10.1. The van der Waals surface area contributed by atoms with Crippen LogP contribution in [0.15, 0.2) is 0 Å². The third-order valence-electron chi connectivity index (χ3n) is 2.31. The summed E-state index contributed by atoms with van der Waals surface area (Å²) in [5, 5.41) is 0.188. The van der Waals surface area contributed by atoms with Crippen LogP contribution in [-0.2, 0) is 4.43 Å². The molecule has 0 radical (unpaired) electrons. The van der Waals surface area contributed by atoms with Gasteiger partial charge in [0.15, 0.2) is 9.76 Å². The minimum atomic E-state index is -1.09. The quantitative estimate of drug-likeness (QED) is 0.645. The smallest absolute Gasteiger partial charge is 0.158 e. The predicted molar refractivity (Wildman–Crippen MR) is 64.3 cm³/mol. The first-order valence-corrected chi connectivity index (χ1v) is 10.4. The molecule has 0 aromatic carbocycles. The molecule has 0 amide bonds. The van der Waals surface area contributed by atoms with Crippen LogP contribution in [0.1, 0.15) is 27.7 Å². The van der Waals surface area contributed by atoms with Crippen molar-refractivity contribution in [1.82, 2.24) is 0 Å². The number of hydrogen-bond donors (Lipinski definition) is 0. The Balaban J connectivity index is 0. The molecule has 0 aromatic rings. The average Bonchev–Trinajstić information content (AvgIpc) is 1.89. The van der Waals surface area contributed by atoms with Gasteiger partial charge in [0.05, 0.1) is 8.07 Å². The van der Waals surface area contributed by atoms with E-state index in [-0.39, 0.29) is 15.0 Å². The van der Waals surface area contributed by atoms with Crippen molar-refractivity contribution in [2.45, 2.75) is 59.1 Å². The summed E-state index contributed by atoms with van der Waals surface area (Å²) >= 11 is 0. The van der Waals surface area contributed by atoms with Gasteiger partial charge in [0.25, 0.3) is 0 Å². The SMILES string of the molecule is CC.C[SiH2]OC(C)(C)[Si](C)(C)C. The second kappa shape index (κ2) is 5.94. The zero-order valence-corrected chi connectivity index (χ0v) is 12.5. The first-order chi connectivity index (χ1) is 5.31. The molecule has 0 unspecified atom stereocenters. The molecule has 0 aliphatic heterocycles. The fourth-order valence-corrected chi connectivity index (χ4v) is 3.46. The molecule has 0 saturated carbocycles. The molecule has 0 saturated heterocycles. The van der Waals surface area contributed by atoms with E-state index < -0.39 is 8.07 Å². The molecule has 76 valence electrons. The summed E-state index contributed by atoms with van der Waals surface area (Å²) < 4.78 is 5.79. The maximum Gasteiger partial charge on any atom is 0.158 e. The Hall–Kier alpha value is 0.394. The van der Waals surface area contributed by atoms with Crippen molar-refractivity contribution in [2.75, 3.05) is 0 Å². The molecule has 0 atom stereocenters. The van der Waals surface area contributed by atoms with Gasteiger partial charge >= 0.3 is 0 Å². The van der Waals surface area contributed by atoms with Crippen molar-refractivity contribution in [3.8, 4) is 0 Å². The lowest BCUT2D eigenvalue weighted by Crippen LogP contribution is -2.49. The van der Waals surface area contributed by atoms with Crippen LogP contribution in [0, 0.1) is 0 Å². The lowest BCUT2D eigenvalue weighted by atomic mass is 10.5. The number of hydrogen-bond acceptors (Lipinski definition) is 1. The zero-order chi connectivity index (χ0) is 10.4. The first-order valence-electron chi connectivity index (χ1n) is 4.95. The second-order valence-corrected chi connectivity index (χ2v) is 10.8. The van der Waals surface area contributed by atoms with E-state index >= 15 is 0 Å². The van der Waals surface area contributed by atoms with Gasteiger partial charge < -0.3 is 4.43 Å². The lowest BCUT2D eigenvalue weighted by molar-refractivity contribution is 0.197. The maximum absolute atomic E-state index is 5.79. The van der Waals surface area contributed by atoms with Gasteiger partial charge in [-0.05, 0) is 13.8 Å². The Bertz CT molecular complexity index is 106. The Morgan fingerprint density at radius 1 is 1.08 bits per heavy atom. The molecule has 0 N–H and O–H groups in total. The maximum atomic E-state index is 5.79. The molecule has 0 spiro atoms. The molecular formula is C9H26OSi2. The van der Waals surface area contributed by atoms with Crippen LogP contribution in [0.4, 0.5) is 0 Å². The Morgan fingerprint density at radius 3 is 1.50 bits per heavy atom. The van der Waals surface area contributed by atoms with Gasteiger partial charge in [-0.15, -0.1) is 0 Å². The molecule has 3 heteroatoms. The highest BCUT2D eigenvalue weighted by atomic mass is 28.3. The highest BCUT2D eigenvalue weighted by Gasteiger charge is 2.34. The molecule has 0 bridgehead atoms. The Morgan fingerprint density at radius 2 is 1.42 bits per heavy atom. The molecular weight excluding hydrogens is 180 g/mol. The largest absolute Gasteiger partial charge is 0.422 e. The molecule has 0 heterocycles. The summed E-state index contributed by atoms with van der Waals surface area (Å²) in [7, 11) is -1.33. The average molecular weight is 206 g/mol. The van der Waals surface area contributed by atoms with Crippen LogP contribution in [0.25, 0.3) is 0 Å². The summed E-state index contributed by atoms with van der Waals surface area (Å²) in [4.78, 5) is 0. The molecule has 0 fully saturated rings. The molecule has 12 heavy (non-hydrogen) atoms. The third kappa shape index (κ3) is 5.11. The van der Waals surface area contributed by atoms with Crippen molar-refractivity contribution in [3.05, 3.63) is 0 Å². The van der Waals surface area contributed by atoms with Crippen molar-refractivity contribution in [1.29, 1.82) is 0 Å². The standard InChI is InChI=1S/C7H20OSi2.C2H6/c1-7(2,8-9-3)10(4,5)6;1-2/h9H2,1-6H3;1-2H3. The van der Waals surface area contributed by atoms with Gasteiger partial charge in [-0.1, -0.05) is 40.0 Å². The Kier molecular flexibility index (Phi) is 7.37. The van der Waals surface area contributed by atoms with Crippen LogP contribution in [0.2, 0.25) is 26.2 Å². The van der Waals surface area contributed by atoms with Gasteiger partial charge in [-0.2, -0.15) is 0 Å². The minimum absolute atomic E-state index is 0.188. The van der Waals surface area contributed by atoms with Crippen LogP contribution in [-0.4, -0.2) is 23.1 Å². The van der Waals surface area contributed by atoms with Gasteiger partial charge in [0.1, 0.15) is 0 Å². The van der Waals surface area contributed by atoms with Gasteiger partial charge in [0.2, 0.25) is 0 Å². The van der Waals surface area contributed by atoms with E-state index in [0.717, 1.165) is 0 Å². The Labute approximate surface area is 81.9 Å². The van der Waals surface area contributed by atoms with Crippen molar-refractivity contribution >= 4 is 17.8 Å². The van der Waals surface area contributed by atoms with E-state index in [9.17, 15) is 0 Å². The molecule has 1 nitrogen and oxygen atoms in total. The summed E-state index contributed by atoms with van der Waals surface area (Å²) in [6, 6.07) is 0. The van der Waals surface area contributed by atoms with Crippen LogP contribution >= 0.6 is 0 Å². The highest BCUT2D eigenvalue weighted by Crippen LogP contribution is 2.22. The predicted octanol–water partition coefficient (Wildman–Crippen LogP) is 2.82. The molecule has 0 rings (SSSR count). The van der Waals surface area contributed by atoms with Crippen LogP contribution in [0.3, 0.4) is 0 Å². The van der Waals surface area contributed by atoms with E-state index in [1.165, 1.54) is 0 Å². The minimum Gasteiger partial charge on any atom is -0.422 e. The van der Waals surface area contributed by atoms with E-state index in [0.29, 0.717) is 0 Å². The topological polar surface area (TPSA) is 9.23 Å². The second-order valence-electron chi connectivity index (χ2n) is 4.19. The summed E-state index contributed by atoms with van der Waals surface area (Å²) in [5.74, 6) is 0. The fourth-order valence-electron chi connectivity index (χ4n) is 0.577. The molecule has 0 aliphatic rings. The molecule has 0 aromatic heterocycles. The fraction of sp³-hybridized carbons (Fsp3) is 1.00. The lowest BCUT2D eigenvalue weighted by Gasteiger charge is -2.37. The van der Waals surface area contributed by atoms with Crippen molar-refractivity contribution in [3.63, 3.8) is 0 Å². The summed E-state index contributed by atoms with van der Waals surface area (Å²) in [5.41, 5.74) is 0. The summed E-state index contributed by atoms with van der Waals surface area (Å²) in [6.45, 7) is 17.7. The van der Waals surface area contributed by atoms with Crippen LogP contribution in [0.5, 0.6) is 0 Å². The van der Waals surface area contributed by atoms with Gasteiger partial charge in [-0.3, -0.25) is 0 Å². The monoisotopic (exact) mass is 206 g/mol. The van der Waals surface area contributed by atoms with E-state index in [4.69, 9.17) is 4.43 Å². The van der Waals surface area contributed by atoms with E-state index in [1.807, 2.05) is 13.8 Å².